The van der Waals surface area contributed by atoms with Crippen molar-refractivity contribution in [2.24, 2.45) is 0 Å². The van der Waals surface area contributed by atoms with Crippen molar-refractivity contribution in [3.05, 3.63) is 24.3 Å². The molecule has 33 heavy (non-hydrogen) atoms. The zero-order valence-corrected chi connectivity index (χ0v) is 23.0. The van der Waals surface area contributed by atoms with Gasteiger partial charge in [-0.05, 0) is 0 Å². The second-order valence-electron chi connectivity index (χ2n) is 7.31. The van der Waals surface area contributed by atoms with Crippen LogP contribution in [-0.4, -0.2) is 65.4 Å². The van der Waals surface area contributed by atoms with Crippen LogP contribution >= 0.6 is 0 Å². The maximum absolute atomic E-state index is 9.55. The van der Waals surface area contributed by atoms with Gasteiger partial charge >= 0.3 is 145 Å². The fraction of sp³-hybridized carbons (Fsp3) is 0.667. The van der Waals surface area contributed by atoms with Gasteiger partial charge in [-0.1, -0.05) is 0 Å². The maximum Gasteiger partial charge on any atom is 0.328 e. The second kappa shape index (κ2) is 30.2. The number of rotatable bonds is 18. The first-order valence-corrected chi connectivity index (χ1v) is 15.7. The van der Waals surface area contributed by atoms with Crippen LogP contribution in [0.1, 0.15) is 90.9 Å². The molecule has 0 unspecified atom stereocenters. The molecule has 190 valence electrons. The summed E-state index contributed by atoms with van der Waals surface area (Å²) < 4.78 is 3.31. The molecule has 9 heteroatoms. The summed E-state index contributed by atoms with van der Waals surface area (Å²) in [6, 6.07) is 0. The fourth-order valence-corrected chi connectivity index (χ4v) is 6.04. The molecule has 0 aromatic heterocycles. The van der Waals surface area contributed by atoms with Gasteiger partial charge in [0, 0.05) is 24.3 Å². The van der Waals surface area contributed by atoms with E-state index in [2.05, 4.69) is 13.8 Å². The molecule has 0 saturated carbocycles. The average Bonchev–Trinajstić information content (AvgIpc) is 2.75. The van der Waals surface area contributed by atoms with Crippen molar-refractivity contribution in [2.45, 2.75) is 99.8 Å². The summed E-state index contributed by atoms with van der Waals surface area (Å²) in [5, 5.41) is 31.2. The van der Waals surface area contributed by atoms with Crippen LogP contribution in [0, 0.1) is 0 Å². The van der Waals surface area contributed by atoms with E-state index in [4.69, 9.17) is 20.4 Å². The Bertz CT molecular complexity index is 479. The average molecular weight is 577 g/mol. The van der Waals surface area contributed by atoms with E-state index in [1.807, 2.05) is 0 Å². The monoisotopic (exact) mass is 578 g/mol. The minimum absolute atomic E-state index is 0.0736. The van der Waals surface area contributed by atoms with Gasteiger partial charge in [0.15, 0.2) is 0 Å². The quantitative estimate of drug-likeness (QED) is 0.0925. The summed E-state index contributed by atoms with van der Waals surface area (Å²) >= 11 is 0.0736. The van der Waals surface area contributed by atoms with Gasteiger partial charge in [0.2, 0.25) is 0 Å². The van der Waals surface area contributed by atoms with E-state index < -0.39 is 23.9 Å². The predicted octanol–water partition coefficient (Wildman–Crippen LogP) is 5.67. The molecule has 0 saturated heterocycles. The summed E-state index contributed by atoms with van der Waals surface area (Å²) in [6.07, 6.45) is 20.1. The third kappa shape index (κ3) is 48.7. The van der Waals surface area contributed by atoms with Crippen molar-refractivity contribution < 1.29 is 39.6 Å². The van der Waals surface area contributed by atoms with Gasteiger partial charge in [-0.25, -0.2) is 19.2 Å². The standard InChI is InChI=1S/2C8H17.2C4H4O4.Sn/c2*1-3-5-7-8-6-4-2;2*5-3(6)1-2-4(7)8;/h2*1,3-8H2,2H3;2*1-2H,(H,5,6)(H,7,8);/b;;2*2-1-;. The van der Waals surface area contributed by atoms with Crippen LogP contribution in [0.4, 0.5) is 0 Å². The molecule has 0 spiro atoms. The third-order valence-electron chi connectivity index (χ3n) is 4.15. The van der Waals surface area contributed by atoms with Gasteiger partial charge in [0.05, 0.1) is 0 Å². The van der Waals surface area contributed by atoms with Crippen molar-refractivity contribution in [3.8, 4) is 0 Å². The van der Waals surface area contributed by atoms with Crippen LogP contribution in [-0.2, 0) is 19.2 Å². The normalized spacial score (nSPS) is 10.2. The summed E-state index contributed by atoms with van der Waals surface area (Å²) in [4.78, 5) is 38.2. The van der Waals surface area contributed by atoms with Gasteiger partial charge in [0.25, 0.3) is 0 Å². The van der Waals surface area contributed by atoms with E-state index >= 15 is 0 Å². The van der Waals surface area contributed by atoms with Crippen molar-refractivity contribution in [3.63, 3.8) is 0 Å². The largest absolute Gasteiger partial charge is 0.478 e. The van der Waals surface area contributed by atoms with E-state index in [0.717, 1.165) is 0 Å². The molecule has 0 atom stereocenters. The van der Waals surface area contributed by atoms with Crippen LogP contribution < -0.4 is 0 Å². The molecular weight excluding hydrogens is 535 g/mol. The number of hydrogen-bond acceptors (Lipinski definition) is 4. The minimum atomic E-state index is -1.26. The molecule has 2 radical (unpaired) electrons. The van der Waals surface area contributed by atoms with E-state index in [-0.39, 0.29) is 21.1 Å². The fourth-order valence-electron chi connectivity index (χ4n) is 2.47. The Morgan fingerprint density at radius 1 is 0.485 bits per heavy atom. The Kier molecular flexibility index (Phi) is 32.7. The smallest absolute Gasteiger partial charge is 0.328 e. The van der Waals surface area contributed by atoms with Crippen molar-refractivity contribution >= 4 is 45.0 Å². The van der Waals surface area contributed by atoms with Gasteiger partial charge < -0.3 is 20.4 Å². The first kappa shape index (κ1) is 35.7. The maximum atomic E-state index is 9.55. The molecular formula is C24H42O8Sn. The summed E-state index contributed by atoms with van der Waals surface area (Å²) in [7, 11) is 0. The van der Waals surface area contributed by atoms with Gasteiger partial charge in [-0.15, -0.1) is 0 Å². The molecule has 0 aromatic rings. The third-order valence-corrected chi connectivity index (χ3v) is 8.19. The molecule has 4 N–H and O–H groups in total. The second-order valence-corrected chi connectivity index (χ2v) is 11.6. The van der Waals surface area contributed by atoms with E-state index in [0.29, 0.717) is 24.3 Å². The molecule has 0 aliphatic carbocycles. The van der Waals surface area contributed by atoms with Crippen molar-refractivity contribution in [1.29, 1.82) is 0 Å². The van der Waals surface area contributed by atoms with Gasteiger partial charge in [-0.2, -0.15) is 0 Å². The van der Waals surface area contributed by atoms with E-state index in [1.165, 1.54) is 64.2 Å². The van der Waals surface area contributed by atoms with Crippen LogP contribution in [0.2, 0.25) is 8.87 Å². The molecule has 8 nitrogen and oxygen atoms in total. The molecule has 0 amide bonds. The molecule has 0 heterocycles. The zero-order valence-electron chi connectivity index (χ0n) is 20.1. The summed E-state index contributed by atoms with van der Waals surface area (Å²) in [5.41, 5.74) is 0. The summed E-state index contributed by atoms with van der Waals surface area (Å²) in [6.45, 7) is 4.60. The number of unbranched alkanes of at least 4 members (excludes halogenated alkanes) is 10. The van der Waals surface area contributed by atoms with Gasteiger partial charge in [-0.3, -0.25) is 0 Å². The molecule has 0 aliphatic heterocycles. The van der Waals surface area contributed by atoms with Crippen molar-refractivity contribution in [2.75, 3.05) is 0 Å². The summed E-state index contributed by atoms with van der Waals surface area (Å²) in [5.74, 6) is -5.03. The topological polar surface area (TPSA) is 149 Å². The molecule has 0 fully saturated rings. The van der Waals surface area contributed by atoms with Gasteiger partial charge in [0.1, 0.15) is 0 Å². The molecule has 0 aromatic carbocycles. The number of carbonyl (C=O) groups is 4. The molecule has 0 bridgehead atoms. The number of carboxylic acid groups (broad SMARTS) is 4. The Morgan fingerprint density at radius 2 is 0.727 bits per heavy atom. The Labute approximate surface area is 208 Å². The Hall–Kier alpha value is -1.84. The van der Waals surface area contributed by atoms with Crippen LogP contribution in [0.3, 0.4) is 0 Å². The number of hydrogen-bond donors (Lipinski definition) is 4. The minimum Gasteiger partial charge on any atom is -0.478 e. The predicted molar refractivity (Wildman–Crippen MR) is 131 cm³/mol. The molecule has 0 aliphatic rings. The van der Waals surface area contributed by atoms with Crippen LogP contribution in [0.5, 0.6) is 0 Å². The zero-order chi connectivity index (χ0) is 25.7. The first-order chi connectivity index (χ1) is 15.7. The van der Waals surface area contributed by atoms with E-state index in [9.17, 15) is 19.2 Å². The van der Waals surface area contributed by atoms with Crippen molar-refractivity contribution in [1.82, 2.24) is 0 Å². The van der Waals surface area contributed by atoms with E-state index in [1.54, 1.807) is 21.7 Å². The Balaban J connectivity index is -0.000000468. The molecule has 0 rings (SSSR count). The number of aliphatic carboxylic acids is 4. The SMILES string of the molecule is CCCCCCC[CH2][Sn][CH2]CCCCCCC.O=C(O)/C=C\C(=O)O.O=C(O)/C=C\C(=O)O. The first-order valence-electron chi connectivity index (χ1n) is 11.7. The van der Waals surface area contributed by atoms with Crippen LogP contribution in [0.15, 0.2) is 24.3 Å². The Morgan fingerprint density at radius 3 is 0.970 bits per heavy atom. The number of carboxylic acids is 4. The van der Waals surface area contributed by atoms with Crippen LogP contribution in [0.25, 0.3) is 0 Å².